The van der Waals surface area contributed by atoms with Crippen molar-refractivity contribution < 1.29 is 13.5 Å². The summed E-state index contributed by atoms with van der Waals surface area (Å²) in [5, 5.41) is 9.70. The lowest BCUT2D eigenvalue weighted by Crippen LogP contribution is -1.96. The van der Waals surface area contributed by atoms with Gasteiger partial charge in [0.05, 0.1) is 24.3 Å². The van der Waals surface area contributed by atoms with E-state index in [2.05, 4.69) is 0 Å². The van der Waals surface area contributed by atoms with Crippen LogP contribution in [0.15, 0.2) is 36.4 Å². The van der Waals surface area contributed by atoms with Gasteiger partial charge < -0.3 is 4.74 Å². The van der Waals surface area contributed by atoms with Crippen LogP contribution in [0.3, 0.4) is 0 Å². The topological polar surface area (TPSA) is 33.0 Å². The van der Waals surface area contributed by atoms with E-state index in [4.69, 9.17) is 21.6 Å². The Morgan fingerprint density at radius 2 is 1.76 bits per heavy atom. The molecule has 5 heteroatoms. The van der Waals surface area contributed by atoms with Crippen LogP contribution in [0.1, 0.15) is 11.1 Å². The van der Waals surface area contributed by atoms with Gasteiger partial charge in [0.1, 0.15) is 17.4 Å². The third kappa shape index (κ3) is 3.39. The number of hydrogen-bond donors (Lipinski definition) is 0. The Kier molecular flexibility index (Phi) is 4.56. The summed E-state index contributed by atoms with van der Waals surface area (Å²) in [5.41, 5.74) is 0.119. The average molecular weight is 306 g/mol. The molecular formula is C16H10ClF2NO. The standard InChI is InChI=1S/C16H10ClF2NO/c1-21-13-7-14(18)16(15(19)8-13)11(9-20)6-10-2-4-12(17)5-3-10/h2-8H,1H3. The summed E-state index contributed by atoms with van der Waals surface area (Å²) in [6, 6.07) is 10.4. The third-order valence-electron chi connectivity index (χ3n) is 2.82. The summed E-state index contributed by atoms with van der Waals surface area (Å²) < 4.78 is 32.7. The van der Waals surface area contributed by atoms with Crippen molar-refractivity contribution in [2.75, 3.05) is 7.11 Å². The van der Waals surface area contributed by atoms with Crippen molar-refractivity contribution in [1.29, 1.82) is 5.26 Å². The molecule has 0 heterocycles. The number of hydrogen-bond acceptors (Lipinski definition) is 2. The minimum absolute atomic E-state index is 0.0533. The lowest BCUT2D eigenvalue weighted by atomic mass is 10.0. The highest BCUT2D eigenvalue weighted by Gasteiger charge is 2.16. The minimum atomic E-state index is -0.853. The van der Waals surface area contributed by atoms with Gasteiger partial charge in [0, 0.05) is 17.2 Å². The predicted molar refractivity (Wildman–Crippen MR) is 77.8 cm³/mol. The first-order chi connectivity index (χ1) is 10.0. The first kappa shape index (κ1) is 15.0. The van der Waals surface area contributed by atoms with Gasteiger partial charge in [-0.2, -0.15) is 5.26 Å². The maximum atomic E-state index is 14.0. The molecule has 0 unspecified atom stereocenters. The van der Waals surface area contributed by atoms with E-state index in [1.165, 1.54) is 13.2 Å². The van der Waals surface area contributed by atoms with E-state index in [1.807, 2.05) is 6.07 Å². The van der Waals surface area contributed by atoms with Crippen LogP contribution in [0.4, 0.5) is 8.78 Å². The van der Waals surface area contributed by atoms with Gasteiger partial charge in [-0.05, 0) is 23.8 Å². The monoisotopic (exact) mass is 305 g/mol. The second-order valence-corrected chi connectivity index (χ2v) is 4.62. The molecule has 0 aromatic heterocycles. The lowest BCUT2D eigenvalue weighted by molar-refractivity contribution is 0.406. The highest BCUT2D eigenvalue weighted by Crippen LogP contribution is 2.27. The second-order valence-electron chi connectivity index (χ2n) is 4.19. The summed E-state index contributed by atoms with van der Waals surface area (Å²) in [5.74, 6) is -1.65. The number of methoxy groups -OCH3 is 1. The quantitative estimate of drug-likeness (QED) is 0.609. The first-order valence-electron chi connectivity index (χ1n) is 5.96. The normalized spacial score (nSPS) is 11.1. The van der Waals surface area contributed by atoms with Crippen LogP contribution in [0.5, 0.6) is 5.75 Å². The molecule has 0 saturated heterocycles. The van der Waals surface area contributed by atoms with Crippen LogP contribution in [0, 0.1) is 23.0 Å². The number of nitriles is 1. The Bertz CT molecular complexity index is 710. The number of benzene rings is 2. The van der Waals surface area contributed by atoms with E-state index in [-0.39, 0.29) is 16.9 Å². The van der Waals surface area contributed by atoms with E-state index in [1.54, 1.807) is 24.3 Å². The van der Waals surface area contributed by atoms with Gasteiger partial charge in [-0.15, -0.1) is 0 Å². The van der Waals surface area contributed by atoms with Gasteiger partial charge in [0.25, 0.3) is 0 Å². The maximum absolute atomic E-state index is 14.0. The minimum Gasteiger partial charge on any atom is -0.497 e. The molecule has 0 radical (unpaired) electrons. The van der Waals surface area contributed by atoms with Gasteiger partial charge in [-0.1, -0.05) is 23.7 Å². The van der Waals surface area contributed by atoms with Crippen molar-refractivity contribution in [3.05, 3.63) is 64.2 Å². The van der Waals surface area contributed by atoms with Crippen LogP contribution < -0.4 is 4.74 Å². The Morgan fingerprint density at radius 1 is 1.19 bits per heavy atom. The maximum Gasteiger partial charge on any atom is 0.138 e. The van der Waals surface area contributed by atoms with Crippen molar-refractivity contribution in [3.63, 3.8) is 0 Å². The molecule has 0 aliphatic carbocycles. The Hall–Kier alpha value is -2.38. The zero-order valence-electron chi connectivity index (χ0n) is 11.0. The molecular weight excluding hydrogens is 296 g/mol. The van der Waals surface area contributed by atoms with Crippen LogP contribution in [-0.4, -0.2) is 7.11 Å². The SMILES string of the molecule is COc1cc(F)c(C(C#N)=Cc2ccc(Cl)cc2)c(F)c1. The molecule has 0 aliphatic rings. The fourth-order valence-electron chi connectivity index (χ4n) is 1.81. The highest BCUT2D eigenvalue weighted by atomic mass is 35.5. The van der Waals surface area contributed by atoms with Gasteiger partial charge in [-0.25, -0.2) is 8.78 Å². The van der Waals surface area contributed by atoms with Gasteiger partial charge in [-0.3, -0.25) is 0 Å². The molecule has 0 fully saturated rings. The zero-order valence-corrected chi connectivity index (χ0v) is 11.8. The van der Waals surface area contributed by atoms with Crippen molar-refractivity contribution in [1.82, 2.24) is 0 Å². The number of halogens is 3. The fourth-order valence-corrected chi connectivity index (χ4v) is 1.94. The summed E-state index contributed by atoms with van der Waals surface area (Å²) in [6.07, 6.45) is 1.39. The van der Waals surface area contributed by atoms with Crippen LogP contribution in [0.25, 0.3) is 11.6 Å². The van der Waals surface area contributed by atoms with Crippen molar-refractivity contribution in [3.8, 4) is 11.8 Å². The Balaban J connectivity index is 2.52. The van der Waals surface area contributed by atoms with E-state index < -0.39 is 11.6 Å². The Labute approximate surface area is 125 Å². The van der Waals surface area contributed by atoms with Gasteiger partial charge in [0.15, 0.2) is 0 Å². The van der Waals surface area contributed by atoms with Gasteiger partial charge >= 0.3 is 0 Å². The largest absolute Gasteiger partial charge is 0.497 e. The van der Waals surface area contributed by atoms with Crippen molar-refractivity contribution in [2.24, 2.45) is 0 Å². The molecule has 0 atom stereocenters. The molecule has 0 N–H and O–H groups in total. The molecule has 106 valence electrons. The molecule has 0 bridgehead atoms. The molecule has 2 aromatic rings. The zero-order chi connectivity index (χ0) is 15.4. The summed E-state index contributed by atoms with van der Waals surface area (Å²) >= 11 is 5.76. The summed E-state index contributed by atoms with van der Waals surface area (Å²) in [6.45, 7) is 0. The predicted octanol–water partition coefficient (Wildman–Crippen LogP) is 4.69. The fraction of sp³-hybridized carbons (Fsp3) is 0.0625. The molecule has 0 amide bonds. The van der Waals surface area contributed by atoms with Crippen molar-refractivity contribution >= 4 is 23.3 Å². The van der Waals surface area contributed by atoms with Crippen LogP contribution in [-0.2, 0) is 0 Å². The van der Waals surface area contributed by atoms with Crippen LogP contribution in [0.2, 0.25) is 5.02 Å². The third-order valence-corrected chi connectivity index (χ3v) is 3.07. The second kappa shape index (κ2) is 6.38. The lowest BCUT2D eigenvalue weighted by Gasteiger charge is -2.07. The first-order valence-corrected chi connectivity index (χ1v) is 6.33. The van der Waals surface area contributed by atoms with E-state index in [0.717, 1.165) is 12.1 Å². The molecule has 2 rings (SSSR count). The molecule has 0 spiro atoms. The molecule has 0 aliphatic heterocycles. The molecule has 2 aromatic carbocycles. The van der Waals surface area contributed by atoms with Gasteiger partial charge in [0.2, 0.25) is 0 Å². The molecule has 0 saturated carbocycles. The highest BCUT2D eigenvalue weighted by molar-refractivity contribution is 6.30. The summed E-state index contributed by atoms with van der Waals surface area (Å²) in [4.78, 5) is 0. The molecule has 2 nitrogen and oxygen atoms in total. The smallest absolute Gasteiger partial charge is 0.138 e. The number of nitrogens with zero attached hydrogens (tertiary/aromatic N) is 1. The van der Waals surface area contributed by atoms with Crippen LogP contribution >= 0.6 is 11.6 Å². The van der Waals surface area contributed by atoms with E-state index >= 15 is 0 Å². The number of rotatable bonds is 3. The number of ether oxygens (including phenoxy) is 1. The number of allylic oxidation sites excluding steroid dienone is 1. The van der Waals surface area contributed by atoms with E-state index in [9.17, 15) is 8.78 Å². The Morgan fingerprint density at radius 3 is 2.24 bits per heavy atom. The molecule has 21 heavy (non-hydrogen) atoms. The van der Waals surface area contributed by atoms with Crippen molar-refractivity contribution in [2.45, 2.75) is 0 Å². The van der Waals surface area contributed by atoms with E-state index in [0.29, 0.717) is 10.6 Å². The summed E-state index contributed by atoms with van der Waals surface area (Å²) in [7, 11) is 1.31. The average Bonchev–Trinajstić information content (AvgIpc) is 2.47.